The lowest BCUT2D eigenvalue weighted by molar-refractivity contribution is 0.0691. The van der Waals surface area contributed by atoms with Crippen LogP contribution in [0.25, 0.3) is 0 Å². The minimum atomic E-state index is -0.933. The van der Waals surface area contributed by atoms with E-state index in [1.165, 1.54) is 11.8 Å². The zero-order chi connectivity index (χ0) is 14.0. The number of carbonyl (C=O) groups is 1. The van der Waals surface area contributed by atoms with E-state index in [0.717, 1.165) is 29.9 Å². The Morgan fingerprint density at radius 2 is 2.26 bits per heavy atom. The number of aromatic nitrogens is 1. The number of aryl methyl sites for hydroxylation is 2. The van der Waals surface area contributed by atoms with E-state index < -0.39 is 5.97 Å². The lowest BCUT2D eigenvalue weighted by atomic mass is 10.1. The molecule has 100 valence electrons. The molecule has 1 aromatic heterocycles. The normalized spacial score (nSPS) is 15.8. The largest absolute Gasteiger partial charge is 0.478 e. The Hall–Kier alpha value is -1.54. The van der Waals surface area contributed by atoms with Crippen molar-refractivity contribution < 1.29 is 9.90 Å². The van der Waals surface area contributed by atoms with Crippen molar-refractivity contribution in [2.75, 3.05) is 5.75 Å². The maximum absolute atomic E-state index is 11.3. The van der Waals surface area contributed by atoms with Crippen molar-refractivity contribution in [1.82, 2.24) is 4.98 Å². The molecule has 1 saturated carbocycles. The molecule has 1 N–H and O–H groups in total. The summed E-state index contributed by atoms with van der Waals surface area (Å²) in [7, 11) is 0. The summed E-state index contributed by atoms with van der Waals surface area (Å²) in [5.74, 6) is -0.158. The molecule has 0 aliphatic heterocycles. The summed E-state index contributed by atoms with van der Waals surface area (Å²) in [6.45, 7) is 3.66. The lowest BCUT2D eigenvalue weighted by Gasteiger charge is -2.13. The van der Waals surface area contributed by atoms with E-state index in [1.807, 2.05) is 6.92 Å². The number of rotatable bonds is 5. The second kappa shape index (κ2) is 5.22. The van der Waals surface area contributed by atoms with Crippen LogP contribution in [0, 0.1) is 30.6 Å². The van der Waals surface area contributed by atoms with Crippen LogP contribution in [-0.4, -0.2) is 21.8 Å². The van der Waals surface area contributed by atoms with Gasteiger partial charge in [-0.2, -0.15) is 5.26 Å². The van der Waals surface area contributed by atoms with E-state index in [-0.39, 0.29) is 5.41 Å². The molecule has 0 bridgehead atoms. The summed E-state index contributed by atoms with van der Waals surface area (Å²) in [6, 6.07) is 4.00. The number of carboxylic acids is 1. The highest BCUT2D eigenvalue weighted by Gasteiger charge is 2.42. The Kier molecular flexibility index (Phi) is 3.81. The van der Waals surface area contributed by atoms with Gasteiger partial charge in [0.05, 0.1) is 11.6 Å². The first-order chi connectivity index (χ1) is 8.97. The number of nitrogens with zero attached hydrogens (tertiary/aromatic N) is 2. The minimum absolute atomic E-state index is 0.0918. The summed E-state index contributed by atoms with van der Waals surface area (Å²) < 4.78 is 0. The van der Waals surface area contributed by atoms with Gasteiger partial charge < -0.3 is 5.11 Å². The Morgan fingerprint density at radius 1 is 1.58 bits per heavy atom. The second-order valence-corrected chi connectivity index (χ2v) is 6.15. The SMILES string of the molecule is Cc1cc(C)c(C(=O)O)c(SCC2(CC#N)CC2)n1. The van der Waals surface area contributed by atoms with E-state index >= 15 is 0 Å². The number of hydrogen-bond acceptors (Lipinski definition) is 4. The third-order valence-corrected chi connectivity index (χ3v) is 4.78. The van der Waals surface area contributed by atoms with Crippen LogP contribution in [0.5, 0.6) is 0 Å². The van der Waals surface area contributed by atoms with Crippen LogP contribution in [0.3, 0.4) is 0 Å². The van der Waals surface area contributed by atoms with Crippen molar-refractivity contribution in [2.24, 2.45) is 5.41 Å². The van der Waals surface area contributed by atoms with Crippen LogP contribution in [0.1, 0.15) is 40.9 Å². The Balaban J connectivity index is 2.20. The Bertz CT molecular complexity index is 559. The van der Waals surface area contributed by atoms with Gasteiger partial charge in [0, 0.05) is 17.9 Å². The van der Waals surface area contributed by atoms with Crippen molar-refractivity contribution in [3.63, 3.8) is 0 Å². The molecule has 0 saturated heterocycles. The number of aromatic carboxylic acids is 1. The molecule has 2 rings (SSSR count). The zero-order valence-corrected chi connectivity index (χ0v) is 11.9. The summed E-state index contributed by atoms with van der Waals surface area (Å²) in [5.41, 5.74) is 1.96. The fourth-order valence-corrected chi connectivity index (χ4v) is 3.54. The lowest BCUT2D eigenvalue weighted by Crippen LogP contribution is -2.08. The van der Waals surface area contributed by atoms with Gasteiger partial charge in [0.25, 0.3) is 0 Å². The van der Waals surface area contributed by atoms with Crippen molar-refractivity contribution in [2.45, 2.75) is 38.1 Å². The number of pyridine rings is 1. The molecule has 1 aliphatic carbocycles. The van der Waals surface area contributed by atoms with Crippen molar-refractivity contribution >= 4 is 17.7 Å². The number of carboxylic acid groups (broad SMARTS) is 1. The maximum atomic E-state index is 11.3. The summed E-state index contributed by atoms with van der Waals surface area (Å²) >= 11 is 1.47. The molecule has 0 unspecified atom stereocenters. The van der Waals surface area contributed by atoms with Gasteiger partial charge in [-0.15, -0.1) is 11.8 Å². The molecule has 1 aliphatic rings. The molecular weight excluding hydrogens is 260 g/mol. The highest BCUT2D eigenvalue weighted by atomic mass is 32.2. The van der Waals surface area contributed by atoms with Gasteiger partial charge in [0.1, 0.15) is 5.03 Å². The summed E-state index contributed by atoms with van der Waals surface area (Å²) in [4.78, 5) is 15.7. The van der Waals surface area contributed by atoms with Crippen LogP contribution < -0.4 is 0 Å². The summed E-state index contributed by atoms with van der Waals surface area (Å²) in [5, 5.41) is 18.7. The van der Waals surface area contributed by atoms with Gasteiger partial charge in [0.2, 0.25) is 0 Å². The predicted molar refractivity (Wildman–Crippen MR) is 73.3 cm³/mol. The van der Waals surface area contributed by atoms with E-state index in [2.05, 4.69) is 11.1 Å². The van der Waals surface area contributed by atoms with Crippen molar-refractivity contribution in [1.29, 1.82) is 5.26 Å². The van der Waals surface area contributed by atoms with Gasteiger partial charge in [-0.3, -0.25) is 0 Å². The first-order valence-electron chi connectivity index (χ1n) is 6.19. The standard InChI is InChI=1S/C14H16N2O2S/c1-9-7-10(2)16-12(11(9)13(17)18)19-8-14(3-4-14)5-6-15/h7H,3-5,8H2,1-2H3,(H,17,18). The third kappa shape index (κ3) is 3.07. The average Bonchev–Trinajstić information content (AvgIpc) is 3.06. The number of thioether (sulfide) groups is 1. The smallest absolute Gasteiger partial charge is 0.338 e. The van der Waals surface area contributed by atoms with E-state index in [4.69, 9.17) is 5.26 Å². The molecule has 0 aromatic carbocycles. The average molecular weight is 276 g/mol. The molecule has 5 heteroatoms. The van der Waals surface area contributed by atoms with E-state index in [0.29, 0.717) is 17.0 Å². The molecule has 1 heterocycles. The van der Waals surface area contributed by atoms with Crippen molar-refractivity contribution in [3.8, 4) is 6.07 Å². The molecule has 1 aromatic rings. The fourth-order valence-electron chi connectivity index (χ4n) is 2.11. The van der Waals surface area contributed by atoms with Crippen LogP contribution in [-0.2, 0) is 0 Å². The molecular formula is C14H16N2O2S. The molecule has 1 fully saturated rings. The highest BCUT2D eigenvalue weighted by molar-refractivity contribution is 7.99. The third-order valence-electron chi connectivity index (χ3n) is 3.45. The van der Waals surface area contributed by atoms with E-state index in [9.17, 15) is 9.90 Å². The highest BCUT2D eigenvalue weighted by Crippen LogP contribution is 2.51. The van der Waals surface area contributed by atoms with Crippen LogP contribution in [0.2, 0.25) is 0 Å². The van der Waals surface area contributed by atoms with Gasteiger partial charge in [-0.1, -0.05) is 0 Å². The number of hydrogen-bond donors (Lipinski definition) is 1. The topological polar surface area (TPSA) is 74.0 Å². The van der Waals surface area contributed by atoms with Gasteiger partial charge >= 0.3 is 5.97 Å². The first-order valence-corrected chi connectivity index (χ1v) is 7.17. The van der Waals surface area contributed by atoms with Crippen LogP contribution in [0.4, 0.5) is 0 Å². The molecule has 0 radical (unpaired) electrons. The van der Waals surface area contributed by atoms with Gasteiger partial charge in [0.15, 0.2) is 0 Å². The number of nitriles is 1. The Morgan fingerprint density at radius 3 is 2.79 bits per heavy atom. The first kappa shape index (κ1) is 13.9. The predicted octanol–water partition coefficient (Wildman–Crippen LogP) is 3.18. The zero-order valence-electron chi connectivity index (χ0n) is 11.1. The van der Waals surface area contributed by atoms with Gasteiger partial charge in [-0.05, 0) is 43.7 Å². The molecule has 4 nitrogen and oxygen atoms in total. The van der Waals surface area contributed by atoms with Crippen molar-refractivity contribution in [3.05, 3.63) is 22.9 Å². The maximum Gasteiger partial charge on any atom is 0.338 e. The molecule has 0 amide bonds. The fraction of sp³-hybridized carbons (Fsp3) is 0.500. The van der Waals surface area contributed by atoms with E-state index in [1.54, 1.807) is 13.0 Å². The van der Waals surface area contributed by atoms with Crippen LogP contribution in [0.15, 0.2) is 11.1 Å². The van der Waals surface area contributed by atoms with Gasteiger partial charge in [-0.25, -0.2) is 9.78 Å². The van der Waals surface area contributed by atoms with Crippen LogP contribution >= 0.6 is 11.8 Å². The Labute approximate surface area is 116 Å². The summed E-state index contributed by atoms with van der Waals surface area (Å²) in [6.07, 6.45) is 2.66. The quantitative estimate of drug-likeness (QED) is 0.836. The molecule has 0 spiro atoms. The monoisotopic (exact) mass is 276 g/mol. The molecule has 0 atom stereocenters. The second-order valence-electron chi connectivity index (χ2n) is 5.19. The molecule has 19 heavy (non-hydrogen) atoms. The minimum Gasteiger partial charge on any atom is -0.478 e.